The number of hydrogen-bond acceptors (Lipinski definition) is 7. The molecule has 1 amide bonds. The first-order valence-corrected chi connectivity index (χ1v) is 16.8. The molecule has 1 aromatic heterocycles. The Hall–Kier alpha value is -2.75. The molecule has 4 atom stereocenters. The normalized spacial score (nSPS) is 21.6. The highest BCUT2D eigenvalue weighted by Gasteiger charge is 2.45. The Labute approximate surface area is 272 Å². The van der Waals surface area contributed by atoms with Gasteiger partial charge in [0.05, 0.1) is 18.8 Å². The first-order chi connectivity index (χ1) is 21.7. The predicted octanol–water partition coefficient (Wildman–Crippen LogP) is 6.36. The largest absolute Gasteiger partial charge is 0.446 e. The Morgan fingerprint density at radius 2 is 2.02 bits per heavy atom. The van der Waals surface area contributed by atoms with Crippen molar-refractivity contribution >= 4 is 17.5 Å². The number of nitrogens with one attached hydrogen (secondary N) is 1. The number of nitrogens with zero attached hydrogens (tertiary/aromatic N) is 2. The summed E-state index contributed by atoms with van der Waals surface area (Å²) in [6, 6.07) is 14.3. The van der Waals surface area contributed by atoms with Gasteiger partial charge in [-0.05, 0) is 74.6 Å². The lowest BCUT2D eigenvalue weighted by Crippen LogP contribution is -2.55. The summed E-state index contributed by atoms with van der Waals surface area (Å²) < 4.78 is 17.2. The van der Waals surface area contributed by atoms with Gasteiger partial charge in [-0.1, -0.05) is 54.9 Å². The van der Waals surface area contributed by atoms with Crippen LogP contribution in [0.2, 0.25) is 5.02 Å². The highest BCUT2D eigenvalue weighted by molar-refractivity contribution is 6.33. The van der Waals surface area contributed by atoms with Crippen molar-refractivity contribution in [3.05, 3.63) is 76.0 Å². The van der Waals surface area contributed by atoms with Gasteiger partial charge in [-0.2, -0.15) is 0 Å². The molecule has 2 N–H and O–H groups in total. The predicted molar refractivity (Wildman–Crippen MR) is 176 cm³/mol. The van der Waals surface area contributed by atoms with Crippen molar-refractivity contribution in [2.24, 2.45) is 5.92 Å². The van der Waals surface area contributed by atoms with E-state index in [1.165, 1.54) is 5.56 Å². The van der Waals surface area contributed by atoms with Gasteiger partial charge >= 0.3 is 0 Å². The number of ether oxygens (including phenoxy) is 2. The molecule has 2 aliphatic rings. The van der Waals surface area contributed by atoms with Crippen molar-refractivity contribution in [1.82, 2.24) is 15.2 Å². The quantitative estimate of drug-likeness (QED) is 0.210. The number of aryl methyl sites for hydroxylation is 3. The second-order valence-corrected chi connectivity index (χ2v) is 13.0. The average Bonchev–Trinajstić information content (AvgIpc) is 3.66. The lowest BCUT2D eigenvalue weighted by Gasteiger charge is -2.44. The zero-order valence-electron chi connectivity index (χ0n) is 27.1. The maximum absolute atomic E-state index is 13.9. The van der Waals surface area contributed by atoms with Gasteiger partial charge < -0.3 is 29.2 Å². The molecule has 1 saturated carbocycles. The van der Waals surface area contributed by atoms with E-state index in [1.807, 2.05) is 49.1 Å². The van der Waals surface area contributed by atoms with Gasteiger partial charge in [0.1, 0.15) is 17.5 Å². The Kier molecular flexibility index (Phi) is 11.4. The summed E-state index contributed by atoms with van der Waals surface area (Å²) in [7, 11) is 1.69. The number of aliphatic hydroxyl groups is 1. The summed E-state index contributed by atoms with van der Waals surface area (Å²) in [6.07, 6.45) is 4.85. The van der Waals surface area contributed by atoms with Crippen molar-refractivity contribution < 1.29 is 23.8 Å². The molecule has 1 saturated heterocycles. The number of benzene rings is 2. The van der Waals surface area contributed by atoms with E-state index >= 15 is 0 Å². The summed E-state index contributed by atoms with van der Waals surface area (Å²) in [4.78, 5) is 20.3. The molecule has 2 fully saturated rings. The van der Waals surface area contributed by atoms with Crippen LogP contribution in [0.3, 0.4) is 0 Å². The smallest absolute Gasteiger partial charge is 0.225 e. The van der Waals surface area contributed by atoms with Gasteiger partial charge in [-0.3, -0.25) is 4.79 Å². The topological polar surface area (TPSA) is 97.1 Å². The third kappa shape index (κ3) is 7.80. The van der Waals surface area contributed by atoms with Crippen LogP contribution in [0.5, 0.6) is 0 Å². The molecule has 1 aliphatic carbocycles. The monoisotopic (exact) mass is 637 g/mol. The number of unbranched alkanes of at least 4 members (excludes halogenated alkanes) is 1. The molecule has 8 nitrogen and oxygen atoms in total. The molecule has 2 heterocycles. The highest BCUT2D eigenvalue weighted by atomic mass is 35.5. The molecule has 1 aliphatic heterocycles. The molecule has 0 radical (unpaired) electrons. The number of halogens is 1. The van der Waals surface area contributed by atoms with Crippen LogP contribution in [0, 0.1) is 19.8 Å². The van der Waals surface area contributed by atoms with Crippen LogP contribution in [0.15, 0.2) is 46.9 Å². The molecule has 0 spiro atoms. The molecular formula is C36H48ClN3O5. The molecule has 5 rings (SSSR count). The third-order valence-electron chi connectivity index (χ3n) is 9.51. The first kappa shape index (κ1) is 33.6. The van der Waals surface area contributed by atoms with Gasteiger partial charge in [0, 0.05) is 56.3 Å². The SMILES string of the molecule is CCc1cccc(-c2c(Cl)cccc2C(O)(CCCCOC)C2CN(C(=O)C3CCC(NCc4nc(C)oc4C)C3)CCO2)c1. The summed E-state index contributed by atoms with van der Waals surface area (Å²) in [6.45, 7) is 8.37. The van der Waals surface area contributed by atoms with Crippen LogP contribution in [-0.4, -0.2) is 66.5 Å². The summed E-state index contributed by atoms with van der Waals surface area (Å²) in [5.41, 5.74) is 3.28. The summed E-state index contributed by atoms with van der Waals surface area (Å²) >= 11 is 6.89. The van der Waals surface area contributed by atoms with Crippen LogP contribution >= 0.6 is 11.6 Å². The molecule has 9 heteroatoms. The molecule has 2 aromatic carbocycles. The van der Waals surface area contributed by atoms with Crippen LogP contribution < -0.4 is 5.32 Å². The van der Waals surface area contributed by atoms with Crippen LogP contribution in [-0.2, 0) is 32.8 Å². The van der Waals surface area contributed by atoms with E-state index in [2.05, 4.69) is 29.4 Å². The number of hydrogen-bond donors (Lipinski definition) is 2. The number of rotatable bonds is 13. The van der Waals surface area contributed by atoms with Crippen molar-refractivity contribution in [3.63, 3.8) is 0 Å². The second kappa shape index (κ2) is 15.2. The maximum atomic E-state index is 13.9. The molecule has 4 unspecified atom stereocenters. The third-order valence-corrected chi connectivity index (χ3v) is 9.83. The number of aromatic nitrogens is 1. The summed E-state index contributed by atoms with van der Waals surface area (Å²) in [5.74, 6) is 1.59. The number of amides is 1. The lowest BCUT2D eigenvalue weighted by atomic mass is 9.78. The number of carbonyl (C=O) groups is 1. The van der Waals surface area contributed by atoms with E-state index in [0.29, 0.717) is 50.2 Å². The number of methoxy groups -OCH3 is 1. The van der Waals surface area contributed by atoms with Gasteiger partial charge in [0.25, 0.3) is 0 Å². The van der Waals surface area contributed by atoms with E-state index < -0.39 is 11.7 Å². The second-order valence-electron chi connectivity index (χ2n) is 12.6. The van der Waals surface area contributed by atoms with Crippen LogP contribution in [0.4, 0.5) is 0 Å². The standard InChI is InChI=1S/C36H48ClN3O5/c1-5-26-10-8-11-27(20-26)34-30(12-9-13-31(34)37)36(42,16-6-7-18-43-4)33-23-40(17-19-44-33)35(41)28-14-15-29(21-28)38-22-32-24(2)45-25(3)39-32/h8-13,20,28-29,33,38,42H,5-7,14-19,21-23H2,1-4H3. The number of oxazole rings is 1. The fourth-order valence-corrected chi connectivity index (χ4v) is 7.28. The average molecular weight is 638 g/mol. The maximum Gasteiger partial charge on any atom is 0.225 e. The van der Waals surface area contributed by atoms with Gasteiger partial charge in [-0.25, -0.2) is 4.98 Å². The molecule has 0 bridgehead atoms. The fraction of sp³-hybridized carbons (Fsp3) is 0.556. The fourth-order valence-electron chi connectivity index (χ4n) is 7.00. The van der Waals surface area contributed by atoms with Gasteiger partial charge in [-0.15, -0.1) is 0 Å². The molecule has 3 aromatic rings. The zero-order chi connectivity index (χ0) is 32.0. The van der Waals surface area contributed by atoms with Crippen molar-refractivity contribution in [1.29, 1.82) is 0 Å². The van der Waals surface area contributed by atoms with E-state index in [-0.39, 0.29) is 17.9 Å². The van der Waals surface area contributed by atoms with Crippen LogP contribution in [0.1, 0.15) is 73.9 Å². The number of morpholine rings is 1. The Morgan fingerprint density at radius 3 is 2.78 bits per heavy atom. The Morgan fingerprint density at radius 1 is 1.20 bits per heavy atom. The van der Waals surface area contributed by atoms with E-state index in [4.69, 9.17) is 25.5 Å². The first-order valence-electron chi connectivity index (χ1n) is 16.4. The van der Waals surface area contributed by atoms with Crippen molar-refractivity contribution in [2.45, 2.75) is 90.0 Å². The minimum atomic E-state index is -1.36. The summed E-state index contributed by atoms with van der Waals surface area (Å²) in [5, 5.41) is 16.9. The van der Waals surface area contributed by atoms with Crippen molar-refractivity contribution in [3.8, 4) is 11.1 Å². The highest BCUT2D eigenvalue weighted by Crippen LogP contribution is 2.43. The van der Waals surface area contributed by atoms with Crippen molar-refractivity contribution in [2.75, 3.05) is 33.4 Å². The van der Waals surface area contributed by atoms with Gasteiger partial charge in [0.2, 0.25) is 5.91 Å². The molecule has 45 heavy (non-hydrogen) atoms. The van der Waals surface area contributed by atoms with Crippen LogP contribution in [0.25, 0.3) is 11.1 Å². The molecular weight excluding hydrogens is 590 g/mol. The van der Waals surface area contributed by atoms with E-state index in [1.54, 1.807) is 7.11 Å². The Balaban J connectivity index is 1.35. The number of carbonyl (C=O) groups excluding carboxylic acids is 1. The molecule has 244 valence electrons. The van der Waals surface area contributed by atoms with Gasteiger partial charge in [0.15, 0.2) is 5.89 Å². The Bertz CT molecular complexity index is 1440. The zero-order valence-corrected chi connectivity index (χ0v) is 27.9. The van der Waals surface area contributed by atoms with E-state index in [9.17, 15) is 9.90 Å². The minimum absolute atomic E-state index is 0.0605. The lowest BCUT2D eigenvalue weighted by molar-refractivity contribution is -0.167. The minimum Gasteiger partial charge on any atom is -0.446 e. The van der Waals surface area contributed by atoms with E-state index in [0.717, 1.165) is 66.7 Å².